The third-order valence-electron chi connectivity index (χ3n) is 4.99. The van der Waals surface area contributed by atoms with E-state index in [2.05, 4.69) is 15.1 Å². The number of likely N-dealkylation sites (tertiary alicyclic amines) is 2. The van der Waals surface area contributed by atoms with Gasteiger partial charge in [0.15, 0.2) is 0 Å². The molecule has 1 unspecified atom stereocenters. The van der Waals surface area contributed by atoms with Gasteiger partial charge in [-0.2, -0.15) is 0 Å². The van der Waals surface area contributed by atoms with Gasteiger partial charge in [-0.3, -0.25) is 14.5 Å². The molecule has 0 bridgehead atoms. The average Bonchev–Trinajstić information content (AvgIpc) is 2.88. The number of carbonyl (C=O) groups is 2. The van der Waals surface area contributed by atoms with Gasteiger partial charge in [-0.1, -0.05) is 12.8 Å². The summed E-state index contributed by atoms with van der Waals surface area (Å²) >= 11 is 0. The molecule has 0 aromatic rings. The van der Waals surface area contributed by atoms with Crippen LogP contribution in [-0.4, -0.2) is 74.6 Å². The summed E-state index contributed by atoms with van der Waals surface area (Å²) in [7, 11) is 1.66. The first kappa shape index (κ1) is 19.2. The summed E-state index contributed by atoms with van der Waals surface area (Å²) < 4.78 is 4.98. The molecular formula is C18H33N3O3. The van der Waals surface area contributed by atoms with Crippen molar-refractivity contribution in [1.82, 2.24) is 15.1 Å². The smallest absolute Gasteiger partial charge is 0.234 e. The Labute approximate surface area is 145 Å². The minimum absolute atomic E-state index is 0.0500. The van der Waals surface area contributed by atoms with Crippen LogP contribution in [-0.2, 0) is 14.3 Å². The molecule has 0 aromatic heterocycles. The van der Waals surface area contributed by atoms with Crippen LogP contribution in [0.1, 0.15) is 44.9 Å². The molecule has 138 valence electrons. The molecule has 2 fully saturated rings. The summed E-state index contributed by atoms with van der Waals surface area (Å²) in [6.07, 6.45) is 7.53. The van der Waals surface area contributed by atoms with E-state index in [1.165, 1.54) is 12.8 Å². The monoisotopic (exact) mass is 339 g/mol. The Balaban J connectivity index is 1.74. The summed E-state index contributed by atoms with van der Waals surface area (Å²) in [5, 5.41) is 2.92. The molecule has 1 atom stereocenters. The molecule has 1 N–H and O–H groups in total. The van der Waals surface area contributed by atoms with Crippen LogP contribution in [0.25, 0.3) is 0 Å². The van der Waals surface area contributed by atoms with E-state index in [1.807, 2.05) is 0 Å². The van der Waals surface area contributed by atoms with Crippen molar-refractivity contribution < 1.29 is 14.3 Å². The van der Waals surface area contributed by atoms with Crippen LogP contribution in [0.2, 0.25) is 0 Å². The largest absolute Gasteiger partial charge is 0.385 e. The minimum atomic E-state index is 0.0500. The maximum Gasteiger partial charge on any atom is 0.234 e. The highest BCUT2D eigenvalue weighted by molar-refractivity contribution is 5.80. The molecule has 0 aromatic carbocycles. The Morgan fingerprint density at radius 2 is 1.83 bits per heavy atom. The van der Waals surface area contributed by atoms with Crippen LogP contribution in [0.3, 0.4) is 0 Å². The molecule has 24 heavy (non-hydrogen) atoms. The van der Waals surface area contributed by atoms with Gasteiger partial charge in [0.25, 0.3) is 0 Å². The number of amides is 2. The zero-order valence-corrected chi connectivity index (χ0v) is 15.1. The van der Waals surface area contributed by atoms with Gasteiger partial charge in [0.1, 0.15) is 0 Å². The predicted octanol–water partition coefficient (Wildman–Crippen LogP) is 1.25. The van der Waals surface area contributed by atoms with Crippen molar-refractivity contribution in [3.05, 3.63) is 0 Å². The molecule has 2 rings (SSSR count). The van der Waals surface area contributed by atoms with Gasteiger partial charge in [0.2, 0.25) is 11.8 Å². The first-order valence-electron chi connectivity index (χ1n) is 9.47. The first-order chi connectivity index (χ1) is 11.7. The van der Waals surface area contributed by atoms with Gasteiger partial charge in [0, 0.05) is 39.9 Å². The van der Waals surface area contributed by atoms with E-state index in [9.17, 15) is 9.59 Å². The van der Waals surface area contributed by atoms with E-state index >= 15 is 0 Å². The highest BCUT2D eigenvalue weighted by atomic mass is 16.5. The second-order valence-electron chi connectivity index (χ2n) is 7.01. The third kappa shape index (κ3) is 6.40. The fourth-order valence-corrected chi connectivity index (χ4v) is 3.65. The fraction of sp³-hybridized carbons (Fsp3) is 0.889. The molecule has 2 aliphatic heterocycles. The quantitative estimate of drug-likeness (QED) is 0.709. The summed E-state index contributed by atoms with van der Waals surface area (Å²) in [5.74, 6) is 0.425. The maximum atomic E-state index is 12.8. The molecule has 6 heteroatoms. The Hall–Kier alpha value is -1.14. The molecule has 2 aliphatic rings. The first-order valence-corrected chi connectivity index (χ1v) is 9.47. The molecule has 2 saturated heterocycles. The number of hydrogen-bond donors (Lipinski definition) is 1. The van der Waals surface area contributed by atoms with Crippen molar-refractivity contribution in [2.75, 3.05) is 53.0 Å². The predicted molar refractivity (Wildman–Crippen MR) is 93.7 cm³/mol. The molecule has 2 amide bonds. The molecule has 2 heterocycles. The Bertz CT molecular complexity index is 395. The van der Waals surface area contributed by atoms with Crippen molar-refractivity contribution in [2.45, 2.75) is 44.9 Å². The van der Waals surface area contributed by atoms with Gasteiger partial charge < -0.3 is 15.0 Å². The van der Waals surface area contributed by atoms with Gasteiger partial charge >= 0.3 is 0 Å². The van der Waals surface area contributed by atoms with Gasteiger partial charge in [-0.25, -0.2) is 0 Å². The number of piperidine rings is 1. The zero-order valence-electron chi connectivity index (χ0n) is 15.1. The van der Waals surface area contributed by atoms with Crippen molar-refractivity contribution in [2.24, 2.45) is 5.92 Å². The SMILES string of the molecule is COCCCNC(=O)CN1CCCC(C(=O)N2CCCCCC2)C1. The lowest BCUT2D eigenvalue weighted by molar-refractivity contribution is -0.138. The van der Waals surface area contributed by atoms with Crippen LogP contribution in [0.4, 0.5) is 0 Å². The van der Waals surface area contributed by atoms with Crippen LogP contribution in [0.15, 0.2) is 0 Å². The molecule has 0 saturated carbocycles. The Morgan fingerprint density at radius 3 is 2.54 bits per heavy atom. The topological polar surface area (TPSA) is 61.9 Å². The Kier molecular flexibility index (Phi) is 8.53. The fourth-order valence-electron chi connectivity index (χ4n) is 3.65. The lowest BCUT2D eigenvalue weighted by atomic mass is 9.96. The minimum Gasteiger partial charge on any atom is -0.385 e. The second kappa shape index (κ2) is 10.7. The van der Waals surface area contributed by atoms with Crippen molar-refractivity contribution in [1.29, 1.82) is 0 Å². The normalized spacial score (nSPS) is 22.9. The van der Waals surface area contributed by atoms with E-state index in [0.29, 0.717) is 25.6 Å². The summed E-state index contributed by atoms with van der Waals surface area (Å²) in [6, 6.07) is 0. The molecule has 0 radical (unpaired) electrons. The van der Waals surface area contributed by atoms with E-state index in [-0.39, 0.29) is 11.8 Å². The van der Waals surface area contributed by atoms with Gasteiger partial charge in [0.05, 0.1) is 12.5 Å². The second-order valence-corrected chi connectivity index (χ2v) is 7.01. The summed E-state index contributed by atoms with van der Waals surface area (Å²) in [4.78, 5) is 29.0. The van der Waals surface area contributed by atoms with Crippen LogP contribution in [0.5, 0.6) is 0 Å². The maximum absolute atomic E-state index is 12.8. The number of methoxy groups -OCH3 is 1. The standard InChI is InChI=1S/C18H33N3O3/c1-24-13-7-9-19-17(22)15-20-10-6-8-16(14-20)18(23)21-11-4-2-3-5-12-21/h16H,2-15H2,1H3,(H,19,22). The highest BCUT2D eigenvalue weighted by Gasteiger charge is 2.30. The lowest BCUT2D eigenvalue weighted by Gasteiger charge is -2.34. The van der Waals surface area contributed by atoms with E-state index in [4.69, 9.17) is 4.74 Å². The van der Waals surface area contributed by atoms with Crippen molar-refractivity contribution in [3.8, 4) is 0 Å². The van der Waals surface area contributed by atoms with Crippen LogP contribution >= 0.6 is 0 Å². The molecule has 0 spiro atoms. The van der Waals surface area contributed by atoms with Crippen molar-refractivity contribution in [3.63, 3.8) is 0 Å². The van der Waals surface area contributed by atoms with E-state index < -0.39 is 0 Å². The Morgan fingerprint density at radius 1 is 1.08 bits per heavy atom. The lowest BCUT2D eigenvalue weighted by Crippen LogP contribution is -2.47. The summed E-state index contributed by atoms with van der Waals surface area (Å²) in [6.45, 7) is 5.17. The van der Waals surface area contributed by atoms with Gasteiger partial charge in [-0.05, 0) is 38.6 Å². The molecular weight excluding hydrogens is 306 g/mol. The molecule has 6 nitrogen and oxygen atoms in total. The van der Waals surface area contributed by atoms with Crippen LogP contribution < -0.4 is 5.32 Å². The number of nitrogens with one attached hydrogen (secondary N) is 1. The number of ether oxygens (including phenoxy) is 1. The molecule has 0 aliphatic carbocycles. The highest BCUT2D eigenvalue weighted by Crippen LogP contribution is 2.20. The van der Waals surface area contributed by atoms with E-state index in [0.717, 1.165) is 58.3 Å². The third-order valence-corrected chi connectivity index (χ3v) is 4.99. The number of hydrogen-bond acceptors (Lipinski definition) is 4. The van der Waals surface area contributed by atoms with Crippen LogP contribution in [0, 0.1) is 5.92 Å². The van der Waals surface area contributed by atoms with Gasteiger partial charge in [-0.15, -0.1) is 0 Å². The summed E-state index contributed by atoms with van der Waals surface area (Å²) in [5.41, 5.74) is 0. The zero-order chi connectivity index (χ0) is 17.2. The number of rotatable bonds is 7. The number of nitrogens with zero attached hydrogens (tertiary/aromatic N) is 2. The number of carbonyl (C=O) groups excluding carboxylic acids is 2. The van der Waals surface area contributed by atoms with Crippen molar-refractivity contribution >= 4 is 11.8 Å². The van der Waals surface area contributed by atoms with E-state index in [1.54, 1.807) is 7.11 Å². The average molecular weight is 339 g/mol.